The van der Waals surface area contributed by atoms with Crippen molar-refractivity contribution in [1.82, 2.24) is 15.3 Å². The number of carbonyl (C=O) groups is 1. The molecule has 0 spiro atoms. The zero-order chi connectivity index (χ0) is 17.1. The molecule has 2 aromatic rings. The molecule has 1 aromatic carbocycles. The Kier molecular flexibility index (Phi) is 4.97. The molecule has 0 fully saturated rings. The topological polar surface area (TPSA) is 57.6 Å². The van der Waals surface area contributed by atoms with Gasteiger partial charge < -0.3 is 5.32 Å². The summed E-state index contributed by atoms with van der Waals surface area (Å²) in [4.78, 5) is 16.0. The molecular weight excluding hydrogens is 354 g/mol. The molecule has 0 radical (unpaired) electrons. The Morgan fingerprint density at radius 3 is 2.54 bits per heavy atom. The average Bonchev–Trinajstić information content (AvgIpc) is 2.56. The lowest BCUT2D eigenvalue weighted by Crippen LogP contribution is -2.45. The maximum absolute atomic E-state index is 12.5. The van der Waals surface area contributed by atoms with Gasteiger partial charge >= 0.3 is 0 Å². The van der Waals surface area contributed by atoms with Crippen LogP contribution in [0.4, 0.5) is 4.39 Å². The van der Waals surface area contributed by atoms with E-state index in [0.29, 0.717) is 27.1 Å². The number of rotatable bonds is 4. The third-order valence-corrected chi connectivity index (χ3v) is 3.84. The quantitative estimate of drug-likeness (QED) is 0.904. The molecule has 1 amide bonds. The lowest BCUT2D eigenvalue weighted by atomic mass is 10.1. The minimum atomic E-state index is -0.644. The normalized spacial score (nSPS) is 14.4. The van der Waals surface area contributed by atoms with Crippen molar-refractivity contribution in [2.45, 2.75) is 0 Å². The molecule has 1 aromatic heterocycles. The molecule has 8 heteroatoms. The Labute approximate surface area is 148 Å². The molecular formula is C16H13Cl2FN4O. The van der Waals surface area contributed by atoms with Crippen molar-refractivity contribution in [2.24, 2.45) is 5.10 Å². The minimum absolute atomic E-state index is 0.0590. The molecule has 124 valence electrons. The highest BCUT2D eigenvalue weighted by Gasteiger charge is 2.20. The average molecular weight is 367 g/mol. The lowest BCUT2D eigenvalue weighted by Gasteiger charge is -2.23. The van der Waals surface area contributed by atoms with Crippen LogP contribution in [-0.2, 0) is 4.79 Å². The Balaban J connectivity index is 1.86. The molecule has 0 aliphatic carbocycles. The van der Waals surface area contributed by atoms with Crippen molar-refractivity contribution < 1.29 is 9.18 Å². The van der Waals surface area contributed by atoms with Crippen LogP contribution in [0, 0.1) is 0 Å². The van der Waals surface area contributed by atoms with Gasteiger partial charge in [-0.15, -0.1) is 0 Å². The smallest absolute Gasteiger partial charge is 0.262 e. The first-order valence-electron chi connectivity index (χ1n) is 7.18. The summed E-state index contributed by atoms with van der Waals surface area (Å²) in [7, 11) is 0. The molecule has 1 N–H and O–H groups in total. The van der Waals surface area contributed by atoms with Gasteiger partial charge in [0.1, 0.15) is 6.67 Å². The number of alkyl halides is 1. The highest BCUT2D eigenvalue weighted by Crippen LogP contribution is 2.26. The summed E-state index contributed by atoms with van der Waals surface area (Å²) >= 11 is 12.0. The molecule has 3 rings (SSSR count). The molecule has 5 nitrogen and oxygen atoms in total. The van der Waals surface area contributed by atoms with Crippen molar-refractivity contribution >= 4 is 34.9 Å². The maximum Gasteiger partial charge on any atom is 0.262 e. The van der Waals surface area contributed by atoms with Crippen LogP contribution in [0.25, 0.3) is 11.3 Å². The molecule has 0 saturated carbocycles. The van der Waals surface area contributed by atoms with Crippen molar-refractivity contribution in [3.8, 4) is 11.3 Å². The molecule has 24 heavy (non-hydrogen) atoms. The minimum Gasteiger partial charge on any atom is -0.359 e. The van der Waals surface area contributed by atoms with Crippen LogP contribution in [0.15, 0.2) is 41.6 Å². The molecule has 0 bridgehead atoms. The van der Waals surface area contributed by atoms with Crippen molar-refractivity contribution in [2.75, 3.05) is 19.8 Å². The zero-order valence-corrected chi connectivity index (χ0v) is 14.0. The van der Waals surface area contributed by atoms with Crippen molar-refractivity contribution in [1.29, 1.82) is 0 Å². The number of aromatic nitrogens is 1. The standard InChI is InChI=1S/C16H13Cl2FN4O/c17-12-5-11(6-13(18)7-12)14-2-1-10(8-20-14)16-21-9-15(24)23(22-16)4-3-19/h1-2,5-8H,3-4,9H2,(H,21,22). The number of carbonyl (C=O) groups excluding carboxylic acids is 1. The van der Waals surface area contributed by atoms with Crippen LogP contribution in [0.2, 0.25) is 10.0 Å². The number of nitrogens with zero attached hydrogens (tertiary/aromatic N) is 3. The summed E-state index contributed by atoms with van der Waals surface area (Å²) in [6.07, 6.45) is 1.62. The largest absolute Gasteiger partial charge is 0.359 e. The molecule has 1 aliphatic rings. The van der Waals surface area contributed by atoms with E-state index >= 15 is 0 Å². The zero-order valence-electron chi connectivity index (χ0n) is 12.5. The van der Waals surface area contributed by atoms with Gasteiger partial charge in [-0.1, -0.05) is 23.2 Å². The Hall–Kier alpha value is -2.18. The summed E-state index contributed by atoms with van der Waals surface area (Å²) in [5.41, 5.74) is 2.20. The van der Waals surface area contributed by atoms with Gasteiger partial charge in [0.15, 0.2) is 5.84 Å². The summed E-state index contributed by atoms with van der Waals surface area (Å²) < 4.78 is 12.5. The van der Waals surface area contributed by atoms with Crippen LogP contribution in [0.5, 0.6) is 0 Å². The van der Waals surface area contributed by atoms with E-state index in [9.17, 15) is 9.18 Å². The van der Waals surface area contributed by atoms with Gasteiger partial charge in [0.05, 0.1) is 18.8 Å². The fraction of sp³-hybridized carbons (Fsp3) is 0.188. The number of hydrogen-bond acceptors (Lipinski definition) is 4. The molecule has 0 unspecified atom stereocenters. The molecule has 1 aliphatic heterocycles. The monoisotopic (exact) mass is 366 g/mol. The van der Waals surface area contributed by atoms with E-state index in [2.05, 4.69) is 15.4 Å². The molecule has 2 heterocycles. The van der Waals surface area contributed by atoms with Gasteiger partial charge in [-0.3, -0.25) is 9.78 Å². The van der Waals surface area contributed by atoms with Gasteiger partial charge in [0.2, 0.25) is 0 Å². The van der Waals surface area contributed by atoms with Crippen molar-refractivity contribution in [3.63, 3.8) is 0 Å². The van der Waals surface area contributed by atoms with E-state index in [-0.39, 0.29) is 19.0 Å². The summed E-state index contributed by atoms with van der Waals surface area (Å²) in [5.74, 6) is 0.209. The van der Waals surface area contributed by atoms with Crippen molar-refractivity contribution in [3.05, 3.63) is 52.1 Å². The second kappa shape index (κ2) is 7.15. The van der Waals surface area contributed by atoms with E-state index in [1.807, 2.05) is 6.07 Å². The predicted molar refractivity (Wildman–Crippen MR) is 91.9 cm³/mol. The van der Waals surface area contributed by atoms with Gasteiger partial charge in [-0.05, 0) is 30.3 Å². The highest BCUT2D eigenvalue weighted by atomic mass is 35.5. The van der Waals surface area contributed by atoms with E-state index in [0.717, 1.165) is 10.6 Å². The SMILES string of the molecule is O=C1CNC(c2ccc(-c3cc(Cl)cc(Cl)c3)nc2)=NN1CCF. The Morgan fingerprint density at radius 1 is 1.17 bits per heavy atom. The van der Waals surface area contributed by atoms with Gasteiger partial charge in [0, 0.05) is 27.4 Å². The second-order valence-electron chi connectivity index (χ2n) is 5.10. The summed E-state index contributed by atoms with van der Waals surface area (Å²) in [6.45, 7) is -0.629. The van der Waals surface area contributed by atoms with Crippen LogP contribution in [-0.4, -0.2) is 41.5 Å². The molecule has 0 atom stereocenters. The number of hydrogen-bond donors (Lipinski definition) is 1. The first kappa shape index (κ1) is 16.7. The fourth-order valence-electron chi connectivity index (χ4n) is 2.28. The summed E-state index contributed by atoms with van der Waals surface area (Å²) in [6, 6.07) is 8.81. The lowest BCUT2D eigenvalue weighted by molar-refractivity contribution is -0.130. The van der Waals surface area contributed by atoms with Crippen LogP contribution in [0.3, 0.4) is 0 Å². The van der Waals surface area contributed by atoms with Crippen LogP contribution >= 0.6 is 23.2 Å². The number of halogens is 3. The second-order valence-corrected chi connectivity index (χ2v) is 5.97. The van der Waals surface area contributed by atoms with E-state index in [4.69, 9.17) is 23.2 Å². The highest BCUT2D eigenvalue weighted by molar-refractivity contribution is 6.35. The third kappa shape index (κ3) is 3.66. The van der Waals surface area contributed by atoms with Gasteiger partial charge in [-0.2, -0.15) is 5.10 Å². The number of amidine groups is 1. The van der Waals surface area contributed by atoms with Gasteiger partial charge in [0.25, 0.3) is 5.91 Å². The van der Waals surface area contributed by atoms with Crippen LogP contribution in [0.1, 0.15) is 5.56 Å². The third-order valence-electron chi connectivity index (χ3n) is 3.41. The Morgan fingerprint density at radius 2 is 1.92 bits per heavy atom. The number of hydrazone groups is 1. The Bertz CT molecular complexity index is 775. The summed E-state index contributed by atoms with van der Waals surface area (Å²) in [5, 5.41) is 9.21. The molecule has 0 saturated heterocycles. The predicted octanol–water partition coefficient (Wildman–Crippen LogP) is 3.12. The first-order chi connectivity index (χ1) is 11.6. The first-order valence-corrected chi connectivity index (χ1v) is 7.94. The van der Waals surface area contributed by atoms with E-state index in [1.165, 1.54) is 0 Å². The van der Waals surface area contributed by atoms with Crippen LogP contribution < -0.4 is 5.32 Å². The van der Waals surface area contributed by atoms with E-state index in [1.54, 1.807) is 30.5 Å². The number of pyridine rings is 1. The number of nitrogens with one attached hydrogen (secondary N) is 1. The number of amides is 1. The maximum atomic E-state index is 12.5. The fourth-order valence-corrected chi connectivity index (χ4v) is 2.81. The van der Waals surface area contributed by atoms with E-state index < -0.39 is 6.67 Å². The number of benzene rings is 1. The van der Waals surface area contributed by atoms with Gasteiger partial charge in [-0.25, -0.2) is 9.40 Å².